The van der Waals surface area contributed by atoms with Crippen molar-refractivity contribution in [1.29, 1.82) is 0 Å². The maximum atomic E-state index is 14.2. The molecule has 1 saturated heterocycles. The minimum absolute atomic E-state index is 0.0156. The van der Waals surface area contributed by atoms with Crippen molar-refractivity contribution in [1.82, 2.24) is 9.80 Å². The second kappa shape index (κ2) is 13.7. The van der Waals surface area contributed by atoms with Crippen molar-refractivity contribution in [2.24, 2.45) is 39.5 Å². The van der Waals surface area contributed by atoms with Crippen LogP contribution in [0.3, 0.4) is 0 Å². The van der Waals surface area contributed by atoms with Crippen molar-refractivity contribution in [3.8, 4) is 0 Å². The number of fused-ring (bicyclic) bond motifs is 7. The van der Waals surface area contributed by atoms with Crippen LogP contribution in [0.4, 0.5) is 17.1 Å². The molecule has 0 N–H and O–H groups in total. The first-order valence-electron chi connectivity index (χ1n) is 19.6. The van der Waals surface area contributed by atoms with Crippen LogP contribution in [-0.4, -0.2) is 72.6 Å². The number of halogens is 1. The zero-order chi connectivity index (χ0) is 36.4. The summed E-state index contributed by atoms with van der Waals surface area (Å²) in [7, 11) is 2.13. The molecule has 2 aromatic rings. The van der Waals surface area contributed by atoms with Gasteiger partial charge in [0.05, 0.1) is 23.5 Å². The summed E-state index contributed by atoms with van der Waals surface area (Å²) < 4.78 is 6.13. The number of carbonyl (C=O) groups excluding carboxylic acids is 3. The molecule has 0 spiro atoms. The summed E-state index contributed by atoms with van der Waals surface area (Å²) in [5.74, 6) is 2.81. The zero-order valence-corrected chi connectivity index (χ0v) is 32.0. The van der Waals surface area contributed by atoms with Gasteiger partial charge in [0, 0.05) is 55.5 Å². The predicted molar refractivity (Wildman–Crippen MR) is 205 cm³/mol. The fourth-order valence-corrected chi connectivity index (χ4v) is 11.6. The summed E-state index contributed by atoms with van der Waals surface area (Å²) >= 11 is 6.47. The first-order chi connectivity index (χ1) is 25.0. The number of anilines is 2. The van der Waals surface area contributed by atoms with Crippen LogP contribution in [0.15, 0.2) is 59.1 Å². The lowest BCUT2D eigenvalue weighted by atomic mass is 9.47. The van der Waals surface area contributed by atoms with Crippen molar-refractivity contribution in [2.45, 2.75) is 91.1 Å². The van der Waals surface area contributed by atoms with Crippen LogP contribution in [0.1, 0.15) is 90.5 Å². The van der Waals surface area contributed by atoms with Gasteiger partial charge >= 0.3 is 5.97 Å². The fraction of sp³-hybridized carbons (Fsp3) is 0.581. The van der Waals surface area contributed by atoms with Crippen molar-refractivity contribution in [2.75, 3.05) is 38.1 Å². The minimum atomic E-state index is -0.320. The minimum Gasteiger partial charge on any atom is -0.462 e. The Kier molecular flexibility index (Phi) is 9.38. The molecular weight excluding hydrogens is 672 g/mol. The SMILES string of the molecule is CC(=O)C1CCC2C3CC=C4CC(OC(=O)CCC(=O)N5c6ccc(Cl)cc6N=C(N6CCN(C)CC6)c6ccccc65)CCC4(C)C3CCC12C. The Bertz CT molecular complexity index is 1830. The monoisotopic (exact) mass is 724 g/mol. The highest BCUT2D eigenvalue weighted by molar-refractivity contribution is 6.31. The molecule has 2 heterocycles. The molecule has 8 nitrogen and oxygen atoms in total. The van der Waals surface area contributed by atoms with E-state index in [1.807, 2.05) is 36.4 Å². The molecule has 0 bridgehead atoms. The molecule has 9 heteroatoms. The number of Topliss-reactive ketones (excluding diaryl/α,β-unsaturated/α-hetero) is 1. The molecule has 7 atom stereocenters. The first kappa shape index (κ1) is 35.5. The average Bonchev–Trinajstić information content (AvgIpc) is 3.42. The van der Waals surface area contributed by atoms with Crippen LogP contribution in [0.25, 0.3) is 0 Å². The maximum Gasteiger partial charge on any atom is 0.306 e. The Morgan fingerprint density at radius 1 is 0.923 bits per heavy atom. The van der Waals surface area contributed by atoms with Crippen LogP contribution in [0.5, 0.6) is 0 Å². The summed E-state index contributed by atoms with van der Waals surface area (Å²) in [5, 5.41) is 0.552. The van der Waals surface area contributed by atoms with E-state index in [0.717, 1.165) is 81.8 Å². The number of nitrogens with zero attached hydrogens (tertiary/aromatic N) is 4. The lowest BCUT2D eigenvalue weighted by Gasteiger charge is -2.58. The number of benzene rings is 2. The summed E-state index contributed by atoms with van der Waals surface area (Å²) in [6, 6.07) is 13.4. The van der Waals surface area contributed by atoms with Crippen LogP contribution < -0.4 is 4.90 Å². The third-order valence-electron chi connectivity index (χ3n) is 14.2. The number of para-hydroxylation sites is 1. The molecular formula is C43H53ClN4O4. The summed E-state index contributed by atoms with van der Waals surface area (Å²) in [6.45, 7) is 10.2. The van der Waals surface area contributed by atoms with Crippen molar-refractivity contribution >= 4 is 52.2 Å². The third kappa shape index (κ3) is 6.12. The summed E-state index contributed by atoms with van der Waals surface area (Å²) in [5.41, 5.74) is 4.65. The van der Waals surface area contributed by atoms with Gasteiger partial charge in [-0.15, -0.1) is 0 Å². The number of rotatable bonds is 5. The summed E-state index contributed by atoms with van der Waals surface area (Å²) in [4.78, 5) is 51.6. The molecule has 4 aliphatic carbocycles. The van der Waals surface area contributed by atoms with E-state index < -0.39 is 0 Å². The molecule has 276 valence electrons. The van der Waals surface area contributed by atoms with Gasteiger partial charge < -0.3 is 14.5 Å². The lowest BCUT2D eigenvalue weighted by molar-refractivity contribution is -0.152. The molecule has 1 amide bonds. The van der Waals surface area contributed by atoms with E-state index in [-0.39, 0.29) is 47.6 Å². The molecule has 52 heavy (non-hydrogen) atoms. The van der Waals surface area contributed by atoms with E-state index in [9.17, 15) is 14.4 Å². The highest BCUT2D eigenvalue weighted by Gasteiger charge is 2.59. The molecule has 0 aromatic heterocycles. The highest BCUT2D eigenvalue weighted by atomic mass is 35.5. The number of esters is 1. The number of hydrogen-bond acceptors (Lipinski definition) is 7. The van der Waals surface area contributed by atoms with Crippen molar-refractivity contribution in [3.63, 3.8) is 0 Å². The third-order valence-corrected chi connectivity index (χ3v) is 14.5. The van der Waals surface area contributed by atoms with Crippen LogP contribution in [-0.2, 0) is 19.1 Å². The number of piperazine rings is 1. The zero-order valence-electron chi connectivity index (χ0n) is 31.2. The molecule has 2 aliphatic heterocycles. The van der Waals surface area contributed by atoms with E-state index in [1.165, 1.54) is 18.4 Å². The molecule has 8 rings (SSSR count). The number of hydrogen-bond donors (Lipinski definition) is 0. The van der Waals surface area contributed by atoms with Gasteiger partial charge in [0.15, 0.2) is 0 Å². The van der Waals surface area contributed by atoms with E-state index in [0.29, 0.717) is 39.9 Å². The van der Waals surface area contributed by atoms with Crippen LogP contribution >= 0.6 is 11.6 Å². The van der Waals surface area contributed by atoms with E-state index in [1.54, 1.807) is 17.9 Å². The normalized spacial score (nSPS) is 32.6. The Morgan fingerprint density at radius 2 is 1.71 bits per heavy atom. The molecule has 2 aromatic carbocycles. The van der Waals surface area contributed by atoms with Gasteiger partial charge in [-0.3, -0.25) is 19.3 Å². The Balaban J connectivity index is 0.945. The second-order valence-corrected chi connectivity index (χ2v) is 17.4. The van der Waals surface area contributed by atoms with E-state index >= 15 is 0 Å². The number of amidine groups is 1. The van der Waals surface area contributed by atoms with Crippen molar-refractivity contribution < 1.29 is 19.1 Å². The molecule has 6 aliphatic rings. The number of carbonyl (C=O) groups is 3. The Morgan fingerprint density at radius 3 is 2.50 bits per heavy atom. The molecule has 7 unspecified atom stereocenters. The van der Waals surface area contributed by atoms with Gasteiger partial charge in [0.1, 0.15) is 17.7 Å². The number of aliphatic imine (C=N–C) groups is 1. The maximum absolute atomic E-state index is 14.2. The van der Waals surface area contributed by atoms with E-state index in [2.05, 4.69) is 36.8 Å². The van der Waals surface area contributed by atoms with Crippen molar-refractivity contribution in [3.05, 3.63) is 64.7 Å². The smallest absolute Gasteiger partial charge is 0.306 e. The van der Waals surface area contributed by atoms with Crippen LogP contribution in [0, 0.1) is 34.5 Å². The lowest BCUT2D eigenvalue weighted by Crippen LogP contribution is -2.51. The second-order valence-electron chi connectivity index (χ2n) is 17.0. The predicted octanol–water partition coefficient (Wildman–Crippen LogP) is 8.50. The van der Waals surface area contributed by atoms with Gasteiger partial charge in [-0.25, -0.2) is 4.99 Å². The standard InChI is InChI=1S/C43H53ClN4O4/c1-27(49)33-12-13-34-31-11-9-28-25-30(17-19-42(28,2)35(31)18-20-43(33,34)3)52-40(51)16-15-39(50)48-37-8-6-5-7-32(37)41(47-23-21-46(4)22-24-47)45-36-26-29(44)10-14-38(36)48/h5-10,14,26,30-31,33-35H,11-13,15-25H2,1-4H3. The largest absolute Gasteiger partial charge is 0.462 e. The number of ether oxygens (including phenoxy) is 1. The number of amides is 1. The number of ketones is 1. The Hall–Kier alpha value is -3.49. The fourth-order valence-electron chi connectivity index (χ4n) is 11.4. The molecule has 4 fully saturated rings. The van der Waals surface area contributed by atoms with Gasteiger partial charge in [-0.05, 0) is 118 Å². The molecule has 0 radical (unpaired) electrons. The van der Waals surface area contributed by atoms with Crippen LogP contribution in [0.2, 0.25) is 5.02 Å². The van der Waals surface area contributed by atoms with Gasteiger partial charge in [0.25, 0.3) is 0 Å². The van der Waals surface area contributed by atoms with Gasteiger partial charge in [-0.2, -0.15) is 0 Å². The first-order valence-corrected chi connectivity index (χ1v) is 20.0. The molecule has 3 saturated carbocycles. The topological polar surface area (TPSA) is 82.5 Å². The van der Waals surface area contributed by atoms with E-state index in [4.69, 9.17) is 21.3 Å². The Labute approximate surface area is 313 Å². The number of likely N-dealkylation sites (N-methyl/N-ethyl adjacent to an activating group) is 1. The number of allylic oxidation sites excluding steroid dienone is 1. The van der Waals surface area contributed by atoms with Gasteiger partial charge in [-0.1, -0.05) is 49.2 Å². The summed E-state index contributed by atoms with van der Waals surface area (Å²) in [6.07, 6.45) is 10.6. The quantitative estimate of drug-likeness (QED) is 0.227. The van der Waals surface area contributed by atoms with Gasteiger partial charge in [0.2, 0.25) is 5.91 Å². The average molecular weight is 725 g/mol. The highest BCUT2D eigenvalue weighted by Crippen LogP contribution is 2.66.